The zero-order valence-electron chi connectivity index (χ0n) is 15.9. The minimum Gasteiger partial charge on any atom is -0.379 e. The van der Waals surface area contributed by atoms with Crippen LogP contribution >= 0.6 is 0 Å². The Morgan fingerprint density at radius 1 is 1.11 bits per heavy atom. The highest BCUT2D eigenvalue weighted by molar-refractivity contribution is 6.05. The van der Waals surface area contributed by atoms with Gasteiger partial charge in [-0.1, -0.05) is 35.5 Å². The van der Waals surface area contributed by atoms with Gasteiger partial charge in [-0.2, -0.15) is 0 Å². The lowest BCUT2D eigenvalue weighted by Crippen LogP contribution is -2.50. The maximum atomic E-state index is 13.1. The van der Waals surface area contributed by atoms with Gasteiger partial charge in [-0.3, -0.25) is 14.6 Å². The molecule has 0 bridgehead atoms. The van der Waals surface area contributed by atoms with Gasteiger partial charge in [0, 0.05) is 43.4 Å². The number of carbonyl (C=O) groups is 2. The number of rotatable bonds is 4. The van der Waals surface area contributed by atoms with E-state index in [-0.39, 0.29) is 17.6 Å². The molecule has 144 valence electrons. The molecular formula is C22H23N3O3. The summed E-state index contributed by atoms with van der Waals surface area (Å²) >= 11 is 0. The third-order valence-electron chi connectivity index (χ3n) is 5.52. The fourth-order valence-electron chi connectivity index (χ4n) is 3.86. The second-order valence-electron chi connectivity index (χ2n) is 7.58. The van der Waals surface area contributed by atoms with Crippen LogP contribution in [0, 0.1) is 5.92 Å². The number of hydrogen-bond acceptors (Lipinski definition) is 5. The molecule has 1 amide bonds. The summed E-state index contributed by atoms with van der Waals surface area (Å²) in [6.07, 6.45) is 5.02. The summed E-state index contributed by atoms with van der Waals surface area (Å²) in [7, 11) is 0. The molecule has 0 N–H and O–H groups in total. The Labute approximate surface area is 164 Å². The zero-order chi connectivity index (χ0) is 19.6. The molecule has 1 saturated heterocycles. The summed E-state index contributed by atoms with van der Waals surface area (Å²) < 4.78 is 0. The van der Waals surface area contributed by atoms with Crippen molar-refractivity contribution >= 4 is 17.4 Å². The van der Waals surface area contributed by atoms with Crippen LogP contribution in [0.3, 0.4) is 0 Å². The van der Waals surface area contributed by atoms with Crippen LogP contribution < -0.4 is 0 Å². The van der Waals surface area contributed by atoms with Gasteiger partial charge in [0.2, 0.25) is 5.60 Å². The largest absolute Gasteiger partial charge is 0.379 e. The van der Waals surface area contributed by atoms with Crippen molar-refractivity contribution in [3.63, 3.8) is 0 Å². The average molecular weight is 377 g/mol. The number of hydrogen-bond donors (Lipinski definition) is 0. The smallest absolute Gasteiger partial charge is 0.269 e. The first-order chi connectivity index (χ1) is 13.6. The van der Waals surface area contributed by atoms with Crippen molar-refractivity contribution in [1.29, 1.82) is 0 Å². The van der Waals surface area contributed by atoms with Gasteiger partial charge in [0.25, 0.3) is 5.91 Å². The van der Waals surface area contributed by atoms with Gasteiger partial charge < -0.3 is 9.74 Å². The molecule has 28 heavy (non-hydrogen) atoms. The van der Waals surface area contributed by atoms with Crippen LogP contribution in [0.5, 0.6) is 0 Å². The van der Waals surface area contributed by atoms with Gasteiger partial charge in [0.15, 0.2) is 5.78 Å². The van der Waals surface area contributed by atoms with Crippen LogP contribution in [0.15, 0.2) is 60.0 Å². The summed E-state index contributed by atoms with van der Waals surface area (Å²) in [6.45, 7) is 2.89. The van der Waals surface area contributed by atoms with Crippen molar-refractivity contribution in [3.05, 3.63) is 66.0 Å². The standard InChI is InChI=1S/C22H23N3O3/c1-22(14-19(24-28-22)16-6-3-2-4-7-16)21(27)25-12-9-17(10-13-25)20(26)18-8-5-11-23-15-18/h2-8,11,15,17H,9-10,12-14H2,1H3/t22-/m0/s1. The lowest BCUT2D eigenvalue weighted by atomic mass is 9.88. The number of pyridine rings is 1. The second-order valence-corrected chi connectivity index (χ2v) is 7.58. The third kappa shape index (κ3) is 3.54. The van der Waals surface area contributed by atoms with Crippen molar-refractivity contribution < 1.29 is 14.4 Å². The van der Waals surface area contributed by atoms with Gasteiger partial charge in [0.1, 0.15) is 0 Å². The predicted octanol–water partition coefficient (Wildman–Crippen LogP) is 3.09. The maximum absolute atomic E-state index is 13.1. The van der Waals surface area contributed by atoms with E-state index in [9.17, 15) is 9.59 Å². The number of aromatic nitrogens is 1. The highest BCUT2D eigenvalue weighted by Gasteiger charge is 2.45. The predicted molar refractivity (Wildman–Crippen MR) is 105 cm³/mol. The molecule has 0 saturated carbocycles. The molecule has 1 atom stereocenters. The van der Waals surface area contributed by atoms with Crippen LogP contribution in [0.25, 0.3) is 0 Å². The van der Waals surface area contributed by atoms with Crippen LogP contribution in [-0.4, -0.2) is 46.0 Å². The van der Waals surface area contributed by atoms with Crippen molar-refractivity contribution in [2.24, 2.45) is 11.1 Å². The first-order valence-electron chi connectivity index (χ1n) is 9.61. The second kappa shape index (κ2) is 7.54. The number of amides is 1. The highest BCUT2D eigenvalue weighted by atomic mass is 16.7. The van der Waals surface area contributed by atoms with E-state index in [1.165, 1.54) is 0 Å². The monoisotopic (exact) mass is 377 g/mol. The number of oxime groups is 1. The molecule has 6 nitrogen and oxygen atoms in total. The first-order valence-corrected chi connectivity index (χ1v) is 9.61. The van der Waals surface area contributed by atoms with Gasteiger partial charge in [-0.05, 0) is 37.5 Å². The van der Waals surface area contributed by atoms with Crippen LogP contribution in [-0.2, 0) is 9.63 Å². The number of likely N-dealkylation sites (tertiary alicyclic amines) is 1. The molecule has 4 rings (SSSR count). The molecule has 1 aromatic heterocycles. The third-order valence-corrected chi connectivity index (χ3v) is 5.52. The SMILES string of the molecule is C[C@@]1(C(=O)N2CCC(C(=O)c3cccnc3)CC2)CC(c2ccccc2)=NO1. The number of carbonyl (C=O) groups excluding carboxylic acids is 2. The number of benzene rings is 1. The fourth-order valence-corrected chi connectivity index (χ4v) is 3.86. The summed E-state index contributed by atoms with van der Waals surface area (Å²) in [5.74, 6) is -0.0191. The minimum atomic E-state index is -0.981. The molecular weight excluding hydrogens is 354 g/mol. The molecule has 0 spiro atoms. The van der Waals surface area contributed by atoms with Crippen LogP contribution in [0.4, 0.5) is 0 Å². The van der Waals surface area contributed by atoms with E-state index >= 15 is 0 Å². The molecule has 2 aromatic rings. The van der Waals surface area contributed by atoms with Gasteiger partial charge in [-0.15, -0.1) is 0 Å². The summed E-state index contributed by atoms with van der Waals surface area (Å²) in [5.41, 5.74) is 1.42. The van der Waals surface area contributed by atoms with Crippen molar-refractivity contribution in [2.75, 3.05) is 13.1 Å². The first kappa shape index (κ1) is 18.3. The molecule has 3 heterocycles. The quantitative estimate of drug-likeness (QED) is 0.768. The zero-order valence-corrected chi connectivity index (χ0v) is 15.9. The number of Topliss-reactive ketones (excluding diaryl/α,β-unsaturated/α-hetero) is 1. The molecule has 1 aromatic carbocycles. The Kier molecular flexibility index (Phi) is 4.94. The van der Waals surface area contributed by atoms with E-state index in [4.69, 9.17) is 4.84 Å². The van der Waals surface area contributed by atoms with E-state index in [1.807, 2.05) is 30.3 Å². The summed E-state index contributed by atoms with van der Waals surface area (Å²) in [4.78, 5) is 37.1. The lowest BCUT2D eigenvalue weighted by molar-refractivity contribution is -0.154. The van der Waals surface area contributed by atoms with E-state index in [0.717, 1.165) is 11.3 Å². The van der Waals surface area contributed by atoms with Gasteiger partial charge >= 0.3 is 0 Å². The Morgan fingerprint density at radius 2 is 1.86 bits per heavy atom. The van der Waals surface area contributed by atoms with E-state index < -0.39 is 5.60 Å². The molecule has 2 aliphatic heterocycles. The van der Waals surface area contributed by atoms with Gasteiger partial charge in [0.05, 0.1) is 5.71 Å². The number of piperidine rings is 1. The molecule has 0 unspecified atom stereocenters. The summed E-state index contributed by atoms with van der Waals surface area (Å²) in [5, 5.41) is 4.17. The normalized spacial score (nSPS) is 22.5. The minimum absolute atomic E-state index is 0.0607. The Bertz CT molecular complexity index is 890. The Morgan fingerprint density at radius 3 is 2.54 bits per heavy atom. The molecule has 6 heteroatoms. The van der Waals surface area contributed by atoms with E-state index in [1.54, 1.807) is 36.4 Å². The van der Waals surface area contributed by atoms with Crippen molar-refractivity contribution in [2.45, 2.75) is 31.8 Å². The van der Waals surface area contributed by atoms with Crippen molar-refractivity contribution in [1.82, 2.24) is 9.88 Å². The molecule has 0 radical (unpaired) electrons. The molecule has 0 aliphatic carbocycles. The van der Waals surface area contributed by atoms with Crippen LogP contribution in [0.1, 0.15) is 42.1 Å². The summed E-state index contributed by atoms with van der Waals surface area (Å²) in [6, 6.07) is 13.3. The van der Waals surface area contributed by atoms with Crippen molar-refractivity contribution in [3.8, 4) is 0 Å². The maximum Gasteiger partial charge on any atom is 0.269 e. The Hall–Kier alpha value is -3.02. The molecule has 2 aliphatic rings. The van der Waals surface area contributed by atoms with Gasteiger partial charge in [-0.25, -0.2) is 0 Å². The average Bonchev–Trinajstić information content (AvgIpc) is 3.17. The molecule has 1 fully saturated rings. The highest BCUT2D eigenvalue weighted by Crippen LogP contribution is 2.31. The van der Waals surface area contributed by atoms with E-state index in [0.29, 0.717) is 37.9 Å². The van der Waals surface area contributed by atoms with E-state index in [2.05, 4.69) is 10.1 Å². The topological polar surface area (TPSA) is 71.9 Å². The fraction of sp³-hybridized carbons (Fsp3) is 0.364. The lowest BCUT2D eigenvalue weighted by Gasteiger charge is -2.35. The van der Waals surface area contributed by atoms with Crippen LogP contribution in [0.2, 0.25) is 0 Å². The Balaban J connectivity index is 1.36. The number of ketones is 1. The number of nitrogens with zero attached hydrogens (tertiary/aromatic N) is 3.